The number of amides is 1. The van der Waals surface area contributed by atoms with E-state index in [4.69, 9.17) is 0 Å². The number of fused-ring (bicyclic) bond motifs is 2. The van der Waals surface area contributed by atoms with E-state index in [9.17, 15) is 22.8 Å². The van der Waals surface area contributed by atoms with E-state index >= 15 is 0 Å². The lowest BCUT2D eigenvalue weighted by Crippen LogP contribution is -2.14. The lowest BCUT2D eigenvalue weighted by molar-refractivity contribution is -0.137. The van der Waals surface area contributed by atoms with Crippen molar-refractivity contribution < 1.29 is 27.5 Å². The molecule has 2 N–H and O–H groups in total. The Hall–Kier alpha value is -3.95. The standard InChI is InChI=1S/C20H13F3N4O3/c1-30-18(29)13-7-12(20(21,22)23)8-14-16(13)26-19(25-14)27-17(28)15-6-10-4-2-3-5-11(10)9-24-15/h2-9H,1H3,(H2,25,26,27,28). The molecule has 0 spiro atoms. The van der Waals surface area contributed by atoms with Crippen LogP contribution >= 0.6 is 0 Å². The zero-order valence-corrected chi connectivity index (χ0v) is 15.4. The van der Waals surface area contributed by atoms with Gasteiger partial charge >= 0.3 is 12.1 Å². The number of methoxy groups -OCH3 is 1. The second kappa shape index (κ2) is 7.14. The minimum absolute atomic E-state index is 0.0587. The quantitative estimate of drug-likeness (QED) is 0.491. The summed E-state index contributed by atoms with van der Waals surface area (Å²) in [6, 6.07) is 10.4. The summed E-state index contributed by atoms with van der Waals surface area (Å²) in [6.07, 6.45) is -3.14. The molecule has 0 bridgehead atoms. The number of nitrogens with zero attached hydrogens (tertiary/aromatic N) is 2. The molecule has 0 atom stereocenters. The van der Waals surface area contributed by atoms with Crippen molar-refractivity contribution in [1.82, 2.24) is 15.0 Å². The van der Waals surface area contributed by atoms with Gasteiger partial charge < -0.3 is 9.72 Å². The molecule has 2 aromatic heterocycles. The van der Waals surface area contributed by atoms with Crippen molar-refractivity contribution in [2.24, 2.45) is 0 Å². The number of H-pyrrole nitrogens is 1. The molecule has 0 saturated heterocycles. The van der Waals surface area contributed by atoms with Gasteiger partial charge in [0.05, 0.1) is 23.8 Å². The maximum absolute atomic E-state index is 13.2. The van der Waals surface area contributed by atoms with Crippen molar-refractivity contribution in [2.45, 2.75) is 6.18 Å². The number of carbonyl (C=O) groups is 2. The highest BCUT2D eigenvalue weighted by molar-refractivity contribution is 6.06. The van der Waals surface area contributed by atoms with Gasteiger partial charge in [-0.3, -0.25) is 15.1 Å². The molecule has 0 saturated carbocycles. The predicted molar refractivity (Wildman–Crippen MR) is 102 cm³/mol. The molecule has 0 aliphatic rings. The number of aromatic amines is 1. The molecule has 4 aromatic rings. The summed E-state index contributed by atoms with van der Waals surface area (Å²) in [5.41, 5.74) is -1.46. The van der Waals surface area contributed by atoms with Gasteiger partial charge in [-0.2, -0.15) is 13.2 Å². The fourth-order valence-corrected chi connectivity index (χ4v) is 2.99. The van der Waals surface area contributed by atoms with E-state index in [1.807, 2.05) is 24.3 Å². The summed E-state index contributed by atoms with van der Waals surface area (Å²) in [4.78, 5) is 35.2. The van der Waals surface area contributed by atoms with E-state index in [0.717, 1.165) is 23.9 Å². The molecule has 152 valence electrons. The van der Waals surface area contributed by atoms with E-state index < -0.39 is 23.6 Å². The van der Waals surface area contributed by atoms with Crippen molar-refractivity contribution >= 4 is 39.6 Å². The summed E-state index contributed by atoms with van der Waals surface area (Å²) >= 11 is 0. The van der Waals surface area contributed by atoms with Gasteiger partial charge in [0.15, 0.2) is 0 Å². The highest BCUT2D eigenvalue weighted by Gasteiger charge is 2.33. The summed E-state index contributed by atoms with van der Waals surface area (Å²) in [6.45, 7) is 0. The van der Waals surface area contributed by atoms with Crippen LogP contribution < -0.4 is 5.32 Å². The Kier molecular flexibility index (Phi) is 4.61. The predicted octanol–water partition coefficient (Wildman–Crippen LogP) is 4.17. The zero-order chi connectivity index (χ0) is 21.5. The third kappa shape index (κ3) is 3.54. The number of halogens is 3. The third-order valence-electron chi connectivity index (χ3n) is 4.41. The van der Waals surface area contributed by atoms with Crippen molar-refractivity contribution in [3.8, 4) is 0 Å². The fourth-order valence-electron chi connectivity index (χ4n) is 2.99. The van der Waals surface area contributed by atoms with Crippen molar-refractivity contribution in [2.75, 3.05) is 12.4 Å². The SMILES string of the molecule is COC(=O)c1cc(C(F)(F)F)cc2[nH]c(NC(=O)c3cc4ccccc4cn3)nc12. The first-order valence-electron chi connectivity index (χ1n) is 8.61. The first-order chi connectivity index (χ1) is 14.3. The number of benzene rings is 2. The van der Waals surface area contributed by atoms with Gasteiger partial charge in [-0.05, 0) is 23.6 Å². The molecule has 0 unspecified atom stereocenters. The van der Waals surface area contributed by atoms with Gasteiger partial charge in [-0.25, -0.2) is 9.78 Å². The van der Waals surface area contributed by atoms with E-state index in [0.29, 0.717) is 6.07 Å². The van der Waals surface area contributed by atoms with Gasteiger partial charge in [0.2, 0.25) is 5.95 Å². The number of esters is 1. The maximum Gasteiger partial charge on any atom is 0.416 e. The number of nitrogens with one attached hydrogen (secondary N) is 2. The van der Waals surface area contributed by atoms with Crippen LogP contribution in [0.4, 0.5) is 19.1 Å². The number of carbonyl (C=O) groups excluding carboxylic acids is 2. The Labute approximate surface area is 166 Å². The number of anilines is 1. The van der Waals surface area contributed by atoms with Crippen LogP contribution in [-0.4, -0.2) is 33.9 Å². The molecule has 0 aliphatic carbocycles. The van der Waals surface area contributed by atoms with Crippen molar-refractivity contribution in [3.63, 3.8) is 0 Å². The van der Waals surface area contributed by atoms with Gasteiger partial charge in [-0.1, -0.05) is 24.3 Å². The number of imidazole rings is 1. The van der Waals surface area contributed by atoms with Crippen LogP contribution in [0, 0.1) is 0 Å². The molecular formula is C20H13F3N4O3. The summed E-state index contributed by atoms with van der Waals surface area (Å²) < 4.78 is 44.0. The van der Waals surface area contributed by atoms with Crippen LogP contribution in [-0.2, 0) is 10.9 Å². The number of alkyl halides is 3. The van der Waals surface area contributed by atoms with E-state index in [1.54, 1.807) is 6.07 Å². The molecule has 30 heavy (non-hydrogen) atoms. The lowest BCUT2D eigenvalue weighted by atomic mass is 10.1. The molecule has 7 nitrogen and oxygen atoms in total. The molecule has 2 aromatic carbocycles. The maximum atomic E-state index is 13.2. The Balaban J connectivity index is 1.71. The average Bonchev–Trinajstić information content (AvgIpc) is 3.13. The van der Waals surface area contributed by atoms with Crippen molar-refractivity contribution in [1.29, 1.82) is 0 Å². The topological polar surface area (TPSA) is 97.0 Å². The third-order valence-corrected chi connectivity index (χ3v) is 4.41. The van der Waals surface area contributed by atoms with Crippen LogP contribution in [0.25, 0.3) is 21.8 Å². The highest BCUT2D eigenvalue weighted by Crippen LogP contribution is 2.33. The normalized spacial score (nSPS) is 11.6. The largest absolute Gasteiger partial charge is 0.465 e. The van der Waals surface area contributed by atoms with E-state index in [1.165, 1.54) is 6.20 Å². The smallest absolute Gasteiger partial charge is 0.416 e. The minimum atomic E-state index is -4.68. The second-order valence-corrected chi connectivity index (χ2v) is 6.37. The number of ether oxygens (including phenoxy) is 1. The fraction of sp³-hybridized carbons (Fsp3) is 0.100. The van der Waals surface area contributed by atoms with Crippen molar-refractivity contribution in [3.05, 3.63) is 65.5 Å². The molecule has 1 amide bonds. The lowest BCUT2D eigenvalue weighted by Gasteiger charge is -2.08. The Morgan fingerprint density at radius 3 is 2.53 bits per heavy atom. The molecule has 0 aliphatic heterocycles. The number of rotatable bonds is 3. The number of aromatic nitrogens is 3. The molecule has 2 heterocycles. The number of pyridine rings is 1. The van der Waals surface area contributed by atoms with Crippen LogP contribution in [0.3, 0.4) is 0 Å². The van der Waals surface area contributed by atoms with E-state index in [-0.39, 0.29) is 28.2 Å². The van der Waals surface area contributed by atoms with Gasteiger partial charge in [-0.15, -0.1) is 0 Å². The summed E-state index contributed by atoms with van der Waals surface area (Å²) in [5.74, 6) is -1.73. The van der Waals surface area contributed by atoms with Crippen LogP contribution in [0.5, 0.6) is 0 Å². The Morgan fingerprint density at radius 1 is 1.10 bits per heavy atom. The number of hydrogen-bond acceptors (Lipinski definition) is 5. The monoisotopic (exact) mass is 414 g/mol. The first kappa shape index (κ1) is 19.4. The Morgan fingerprint density at radius 2 is 1.83 bits per heavy atom. The molecular weight excluding hydrogens is 401 g/mol. The van der Waals surface area contributed by atoms with Crippen LogP contribution in [0.15, 0.2) is 48.7 Å². The number of hydrogen-bond donors (Lipinski definition) is 2. The first-order valence-corrected chi connectivity index (χ1v) is 8.61. The molecule has 10 heteroatoms. The van der Waals surface area contributed by atoms with Crippen LogP contribution in [0.2, 0.25) is 0 Å². The highest BCUT2D eigenvalue weighted by atomic mass is 19.4. The zero-order valence-electron chi connectivity index (χ0n) is 15.4. The molecule has 0 fully saturated rings. The molecule has 4 rings (SSSR count). The second-order valence-electron chi connectivity index (χ2n) is 6.37. The van der Waals surface area contributed by atoms with Gasteiger partial charge in [0.1, 0.15) is 11.2 Å². The average molecular weight is 414 g/mol. The van der Waals surface area contributed by atoms with Gasteiger partial charge in [0.25, 0.3) is 5.91 Å². The van der Waals surface area contributed by atoms with Crippen LogP contribution in [0.1, 0.15) is 26.4 Å². The van der Waals surface area contributed by atoms with E-state index in [2.05, 4.69) is 25.0 Å². The molecule has 0 radical (unpaired) electrons. The summed E-state index contributed by atoms with van der Waals surface area (Å²) in [5, 5.41) is 4.10. The van der Waals surface area contributed by atoms with Gasteiger partial charge in [0, 0.05) is 11.6 Å². The Bertz CT molecular complexity index is 1300. The summed E-state index contributed by atoms with van der Waals surface area (Å²) in [7, 11) is 1.05. The minimum Gasteiger partial charge on any atom is -0.465 e.